The van der Waals surface area contributed by atoms with Crippen LogP contribution < -0.4 is 30.7 Å². The van der Waals surface area contributed by atoms with Crippen LogP contribution in [-0.4, -0.2) is 57.2 Å². The molecule has 0 fully saturated rings. The smallest absolute Gasteiger partial charge is 0.306 e. The van der Waals surface area contributed by atoms with Crippen LogP contribution in [0.5, 0.6) is 11.5 Å². The van der Waals surface area contributed by atoms with Crippen molar-refractivity contribution in [3.63, 3.8) is 0 Å². The Kier molecular flexibility index (Phi) is 10.8. The zero-order valence-electron chi connectivity index (χ0n) is 26.0. The predicted molar refractivity (Wildman–Crippen MR) is 182 cm³/mol. The number of para-hydroxylation sites is 1. The Hall–Kier alpha value is -4.33. The molecule has 238 valence electrons. The number of fused-ring (bicyclic) bond motifs is 2. The van der Waals surface area contributed by atoms with Gasteiger partial charge in [0.15, 0.2) is 0 Å². The first-order valence-corrected chi connectivity index (χ1v) is 15.8. The number of nitrogens with one attached hydrogen (secondary N) is 4. The molecule has 4 N–H and O–H groups in total. The van der Waals surface area contributed by atoms with Gasteiger partial charge in [-0.2, -0.15) is 0 Å². The van der Waals surface area contributed by atoms with E-state index in [0.717, 1.165) is 48.4 Å². The lowest BCUT2D eigenvalue weighted by atomic mass is 9.88. The van der Waals surface area contributed by atoms with Crippen molar-refractivity contribution in [1.82, 2.24) is 4.90 Å². The fourth-order valence-electron chi connectivity index (χ4n) is 5.77. The standard InChI is InChI=1S/C34H41ClN6O4/c1-4-44-32-18-29-26(17-30(32)40-33(42)10-7-15-41(2)3)34(23(19-36-29)20-37-43)39-24-13-14-31(27(35)16-24)45-21-25-12-11-22-8-5-6-9-28(22)38-25/h5-6,8-9,13-14,16-18,23,25,34,36,38-39H,4,7,10-12,15,19,21H2,1-3H3,(H,40,42). The first-order chi connectivity index (χ1) is 21.8. The highest BCUT2D eigenvalue weighted by Crippen LogP contribution is 2.42. The number of anilines is 4. The molecule has 3 aromatic rings. The molecule has 45 heavy (non-hydrogen) atoms. The summed E-state index contributed by atoms with van der Waals surface area (Å²) in [5.74, 6) is 0.694. The largest absolute Gasteiger partial charge is 0.498 e. The van der Waals surface area contributed by atoms with Gasteiger partial charge in [0.25, 0.3) is 0 Å². The quantitative estimate of drug-likeness (QED) is 0.160. The number of amides is 1. The van der Waals surface area contributed by atoms with E-state index in [-0.39, 0.29) is 23.9 Å². The van der Waals surface area contributed by atoms with Crippen LogP contribution in [0.25, 0.3) is 5.01 Å². The number of aryl methyl sites for hydroxylation is 1. The summed E-state index contributed by atoms with van der Waals surface area (Å²) in [6, 6.07) is 20.2. The van der Waals surface area contributed by atoms with Gasteiger partial charge in [0.2, 0.25) is 5.91 Å². The van der Waals surface area contributed by atoms with Crippen LogP contribution in [0, 0.1) is 17.2 Å². The molecule has 0 saturated carbocycles. The summed E-state index contributed by atoms with van der Waals surface area (Å²) in [5.41, 5.74) is 5.46. The molecule has 2 aliphatic heterocycles. The van der Waals surface area contributed by atoms with Gasteiger partial charge < -0.3 is 40.8 Å². The molecule has 0 aliphatic carbocycles. The van der Waals surface area contributed by atoms with Gasteiger partial charge in [-0.25, -0.2) is 0 Å². The van der Waals surface area contributed by atoms with Gasteiger partial charge in [-0.3, -0.25) is 4.79 Å². The number of hydrogen-bond acceptors (Lipinski definition) is 8. The summed E-state index contributed by atoms with van der Waals surface area (Å²) in [6.45, 7) is 4.09. The highest BCUT2D eigenvalue weighted by Gasteiger charge is 2.34. The van der Waals surface area contributed by atoms with E-state index in [2.05, 4.69) is 50.5 Å². The first-order valence-electron chi connectivity index (χ1n) is 15.4. The highest BCUT2D eigenvalue weighted by molar-refractivity contribution is 6.32. The molecule has 10 nitrogen and oxygen atoms in total. The van der Waals surface area contributed by atoms with Crippen molar-refractivity contribution in [1.29, 1.82) is 0 Å². The monoisotopic (exact) mass is 632 g/mol. The third-order valence-electron chi connectivity index (χ3n) is 8.04. The Bertz CT molecular complexity index is 1560. The average molecular weight is 633 g/mol. The minimum Gasteiger partial charge on any atom is -0.498 e. The number of carbonyl (C=O) groups excluding carboxylic acids is 1. The van der Waals surface area contributed by atoms with E-state index in [1.807, 2.05) is 62.3 Å². The molecule has 3 unspecified atom stereocenters. The van der Waals surface area contributed by atoms with Crippen molar-refractivity contribution < 1.29 is 14.3 Å². The van der Waals surface area contributed by atoms with E-state index in [4.69, 9.17) is 21.1 Å². The first kappa shape index (κ1) is 32.1. The van der Waals surface area contributed by atoms with Gasteiger partial charge in [-0.1, -0.05) is 29.8 Å². The molecule has 2 aliphatic rings. The minimum atomic E-state index is -0.383. The van der Waals surface area contributed by atoms with Crippen LogP contribution in [0.15, 0.2) is 54.6 Å². The Morgan fingerprint density at radius 1 is 1.13 bits per heavy atom. The van der Waals surface area contributed by atoms with Gasteiger partial charge in [0.05, 0.1) is 29.4 Å². The molecular formula is C34H41ClN6O4. The lowest BCUT2D eigenvalue weighted by molar-refractivity contribution is -0.116. The molecule has 0 radical (unpaired) electrons. The van der Waals surface area contributed by atoms with Crippen molar-refractivity contribution in [2.24, 2.45) is 5.92 Å². The molecule has 3 atom stereocenters. The second-order valence-corrected chi connectivity index (χ2v) is 12.1. The molecule has 1 amide bonds. The van der Waals surface area contributed by atoms with Crippen LogP contribution in [0.4, 0.5) is 22.7 Å². The van der Waals surface area contributed by atoms with Crippen molar-refractivity contribution >= 4 is 40.3 Å². The summed E-state index contributed by atoms with van der Waals surface area (Å²) in [6.07, 6.45) is 3.11. The van der Waals surface area contributed by atoms with E-state index in [1.54, 1.807) is 0 Å². The van der Waals surface area contributed by atoms with Crippen molar-refractivity contribution in [2.75, 3.05) is 61.7 Å². The Morgan fingerprint density at radius 2 is 1.98 bits per heavy atom. The maximum atomic E-state index is 12.8. The van der Waals surface area contributed by atoms with E-state index < -0.39 is 0 Å². The van der Waals surface area contributed by atoms with E-state index in [0.29, 0.717) is 48.4 Å². The topological polar surface area (TPSA) is 114 Å². The summed E-state index contributed by atoms with van der Waals surface area (Å²) >= 11 is 6.69. The normalized spacial score (nSPS) is 18.3. The van der Waals surface area contributed by atoms with Crippen molar-refractivity contribution in [3.05, 3.63) is 81.0 Å². The maximum Gasteiger partial charge on any atom is 0.306 e. The number of halogens is 1. The second-order valence-electron chi connectivity index (χ2n) is 11.6. The number of ether oxygens (including phenoxy) is 2. The Morgan fingerprint density at radius 3 is 2.76 bits per heavy atom. The molecular weight excluding hydrogens is 592 g/mol. The SMILES string of the molecule is CCOc1cc2c(cc1NC(=O)CCCN(C)C)C(Nc1ccc(OCC3CCc4ccccc4N3)c(Cl)c1)C(C#[N+][O-])CN2. The van der Waals surface area contributed by atoms with Gasteiger partial charge >= 0.3 is 6.07 Å². The Labute approximate surface area is 269 Å². The van der Waals surface area contributed by atoms with Crippen LogP contribution in [-0.2, 0) is 11.2 Å². The zero-order valence-corrected chi connectivity index (χ0v) is 26.7. The highest BCUT2D eigenvalue weighted by atomic mass is 35.5. The van der Waals surface area contributed by atoms with Crippen LogP contribution in [0.1, 0.15) is 43.4 Å². The summed E-state index contributed by atoms with van der Waals surface area (Å²) in [7, 11) is 3.96. The Balaban J connectivity index is 1.32. The molecule has 3 aromatic carbocycles. The van der Waals surface area contributed by atoms with Crippen molar-refractivity contribution in [2.45, 2.75) is 44.7 Å². The number of hydrogen-bond donors (Lipinski definition) is 4. The van der Waals surface area contributed by atoms with Crippen molar-refractivity contribution in [3.8, 4) is 17.6 Å². The van der Waals surface area contributed by atoms with Gasteiger partial charge in [0, 0.05) is 46.7 Å². The van der Waals surface area contributed by atoms with Crippen LogP contribution in [0.2, 0.25) is 5.02 Å². The molecule has 11 heteroatoms. The average Bonchev–Trinajstić information content (AvgIpc) is 3.02. The molecule has 0 spiro atoms. The van der Waals surface area contributed by atoms with Gasteiger partial charge in [0.1, 0.15) is 24.0 Å². The maximum absolute atomic E-state index is 12.8. The zero-order chi connectivity index (χ0) is 31.8. The van der Waals surface area contributed by atoms with Gasteiger partial charge in [-0.05, 0) is 82.7 Å². The lowest BCUT2D eigenvalue weighted by Crippen LogP contribution is -2.32. The number of benzene rings is 3. The van der Waals surface area contributed by atoms with E-state index >= 15 is 0 Å². The summed E-state index contributed by atoms with van der Waals surface area (Å²) in [5, 5.41) is 28.2. The van der Waals surface area contributed by atoms with E-state index in [9.17, 15) is 10.0 Å². The van der Waals surface area contributed by atoms with E-state index in [1.165, 1.54) is 5.56 Å². The summed E-state index contributed by atoms with van der Waals surface area (Å²) in [4.78, 5) is 14.9. The molecule has 0 saturated heterocycles. The molecule has 0 aromatic heterocycles. The third-order valence-corrected chi connectivity index (χ3v) is 8.33. The second kappa shape index (κ2) is 15.1. The third kappa shape index (κ3) is 8.24. The predicted octanol–water partition coefficient (Wildman–Crippen LogP) is 6.85. The molecule has 0 bridgehead atoms. The number of nitrogens with zero attached hydrogens (tertiary/aromatic N) is 2. The summed E-state index contributed by atoms with van der Waals surface area (Å²) < 4.78 is 12.0. The fraction of sp³-hybridized carbons (Fsp3) is 0.412. The minimum absolute atomic E-state index is 0.0923. The number of carbonyl (C=O) groups is 1. The molecule has 2 heterocycles. The molecule has 5 rings (SSSR count). The number of rotatable bonds is 12. The van der Waals surface area contributed by atoms with Crippen LogP contribution in [0.3, 0.4) is 0 Å². The lowest BCUT2D eigenvalue weighted by Gasteiger charge is -2.32. The van der Waals surface area contributed by atoms with Gasteiger partial charge in [-0.15, -0.1) is 0 Å². The fourth-order valence-corrected chi connectivity index (χ4v) is 6.01. The van der Waals surface area contributed by atoms with Crippen LogP contribution >= 0.6 is 11.6 Å².